The molecule has 96 valence electrons. The minimum atomic E-state index is -0.203. The number of aromatic nitrogens is 1. The van der Waals surface area contributed by atoms with Crippen LogP contribution in [0, 0.1) is 12.8 Å². The molecular weight excluding hydrogens is 232 g/mol. The number of aryl methyl sites for hydroxylation is 1. The van der Waals surface area contributed by atoms with Gasteiger partial charge in [0.05, 0.1) is 6.10 Å². The third kappa shape index (κ3) is 1.95. The average Bonchev–Trinajstić information content (AvgIpc) is 2.66. The van der Waals surface area contributed by atoms with E-state index in [2.05, 4.69) is 10.3 Å². The molecule has 0 radical (unpaired) electrons. The zero-order valence-corrected chi connectivity index (χ0v) is 10.2. The van der Waals surface area contributed by atoms with Crippen molar-refractivity contribution < 1.29 is 9.53 Å². The molecule has 3 rings (SSSR count). The lowest BCUT2D eigenvalue weighted by molar-refractivity contribution is 0.00802. The van der Waals surface area contributed by atoms with Crippen molar-refractivity contribution in [3.05, 3.63) is 33.7 Å². The van der Waals surface area contributed by atoms with E-state index in [1.54, 1.807) is 6.92 Å². The van der Waals surface area contributed by atoms with Gasteiger partial charge >= 0.3 is 0 Å². The maximum Gasteiger partial charge on any atom is 0.268 e. The minimum absolute atomic E-state index is 0.146. The number of rotatable bonds is 2. The topological polar surface area (TPSA) is 71.2 Å². The Labute approximate surface area is 105 Å². The van der Waals surface area contributed by atoms with Crippen molar-refractivity contribution >= 4 is 5.91 Å². The summed E-state index contributed by atoms with van der Waals surface area (Å²) in [6.45, 7) is 2.56. The normalized spacial score (nSPS) is 29.5. The van der Waals surface area contributed by atoms with Crippen LogP contribution in [0.4, 0.5) is 0 Å². The molecule has 1 aromatic rings. The number of hydrogen-bond donors (Lipinski definition) is 2. The third-order valence-corrected chi connectivity index (χ3v) is 3.80. The highest BCUT2D eigenvalue weighted by molar-refractivity contribution is 5.92. The second kappa shape index (κ2) is 4.24. The van der Waals surface area contributed by atoms with Gasteiger partial charge in [0.15, 0.2) is 5.43 Å². The molecule has 1 saturated carbocycles. The zero-order valence-electron chi connectivity index (χ0n) is 10.2. The maximum atomic E-state index is 12.0. The molecule has 1 aliphatic carbocycles. The van der Waals surface area contributed by atoms with Gasteiger partial charge in [-0.25, -0.2) is 0 Å². The van der Waals surface area contributed by atoms with Gasteiger partial charge in [0.1, 0.15) is 5.69 Å². The molecule has 2 heterocycles. The molecule has 1 aliphatic heterocycles. The van der Waals surface area contributed by atoms with Gasteiger partial charge in [-0.3, -0.25) is 9.59 Å². The van der Waals surface area contributed by atoms with Gasteiger partial charge in [-0.2, -0.15) is 0 Å². The molecule has 0 aromatic carbocycles. The average molecular weight is 248 g/mol. The molecule has 0 unspecified atom stereocenters. The predicted octanol–water partition coefficient (Wildman–Crippen LogP) is 0.591. The van der Waals surface area contributed by atoms with Gasteiger partial charge < -0.3 is 15.0 Å². The molecule has 2 aliphatic rings. The molecule has 3 atom stereocenters. The van der Waals surface area contributed by atoms with Crippen molar-refractivity contribution in [2.75, 3.05) is 6.61 Å². The highest BCUT2D eigenvalue weighted by Crippen LogP contribution is 2.38. The number of pyridine rings is 1. The largest absolute Gasteiger partial charge is 0.378 e. The SMILES string of the molecule is Cc1cc(=O)cc(C(=O)N[C@@H]2C[C@H]3OCC[C@@H]23)[nH]1. The summed E-state index contributed by atoms with van der Waals surface area (Å²) in [6, 6.07) is 3.00. The molecule has 0 spiro atoms. The first-order valence-electron chi connectivity index (χ1n) is 6.27. The molecule has 2 fully saturated rings. The Morgan fingerprint density at radius 1 is 1.50 bits per heavy atom. The van der Waals surface area contributed by atoms with E-state index < -0.39 is 0 Å². The van der Waals surface area contributed by atoms with Gasteiger partial charge in [-0.1, -0.05) is 0 Å². The number of amides is 1. The second-order valence-corrected chi connectivity index (χ2v) is 5.09. The Morgan fingerprint density at radius 3 is 3.06 bits per heavy atom. The van der Waals surface area contributed by atoms with Gasteiger partial charge in [-0.15, -0.1) is 0 Å². The number of carbonyl (C=O) groups excluding carboxylic acids is 1. The molecule has 2 N–H and O–H groups in total. The van der Waals surface area contributed by atoms with Gasteiger partial charge in [-0.05, 0) is 19.8 Å². The van der Waals surface area contributed by atoms with E-state index in [0.29, 0.717) is 23.4 Å². The summed E-state index contributed by atoms with van der Waals surface area (Å²) >= 11 is 0. The van der Waals surface area contributed by atoms with Crippen molar-refractivity contribution in [3.63, 3.8) is 0 Å². The van der Waals surface area contributed by atoms with Crippen molar-refractivity contribution in [3.8, 4) is 0 Å². The first-order valence-corrected chi connectivity index (χ1v) is 6.27. The van der Waals surface area contributed by atoms with Crippen LogP contribution in [0.25, 0.3) is 0 Å². The van der Waals surface area contributed by atoms with Gasteiger partial charge in [0.25, 0.3) is 5.91 Å². The fourth-order valence-electron chi connectivity index (χ4n) is 2.81. The van der Waals surface area contributed by atoms with Crippen molar-refractivity contribution in [1.29, 1.82) is 0 Å². The summed E-state index contributed by atoms with van der Waals surface area (Å²) in [4.78, 5) is 26.3. The highest BCUT2D eigenvalue weighted by Gasteiger charge is 2.45. The second-order valence-electron chi connectivity index (χ2n) is 5.09. The number of hydrogen-bond acceptors (Lipinski definition) is 3. The van der Waals surface area contributed by atoms with E-state index in [4.69, 9.17) is 4.74 Å². The van der Waals surface area contributed by atoms with E-state index in [1.165, 1.54) is 12.1 Å². The van der Waals surface area contributed by atoms with Gasteiger partial charge in [0, 0.05) is 36.4 Å². The number of H-pyrrole nitrogens is 1. The molecule has 1 amide bonds. The minimum Gasteiger partial charge on any atom is -0.378 e. The van der Waals surface area contributed by atoms with Crippen LogP contribution in [0.15, 0.2) is 16.9 Å². The van der Waals surface area contributed by atoms with Crippen molar-refractivity contribution in [2.45, 2.75) is 31.9 Å². The van der Waals surface area contributed by atoms with Crippen LogP contribution in [-0.4, -0.2) is 29.6 Å². The van der Waals surface area contributed by atoms with E-state index in [1.807, 2.05) is 0 Å². The van der Waals surface area contributed by atoms with Crippen LogP contribution in [0.3, 0.4) is 0 Å². The summed E-state index contributed by atoms with van der Waals surface area (Å²) in [5.41, 5.74) is 0.887. The molecule has 0 bridgehead atoms. The van der Waals surface area contributed by atoms with Gasteiger partial charge in [0.2, 0.25) is 0 Å². The monoisotopic (exact) mass is 248 g/mol. The van der Waals surface area contributed by atoms with Crippen molar-refractivity contribution in [1.82, 2.24) is 10.3 Å². The van der Waals surface area contributed by atoms with Crippen LogP contribution in [0.1, 0.15) is 29.0 Å². The molecule has 5 heteroatoms. The van der Waals surface area contributed by atoms with Crippen molar-refractivity contribution in [2.24, 2.45) is 5.92 Å². The van der Waals surface area contributed by atoms with Crippen LogP contribution >= 0.6 is 0 Å². The maximum absolute atomic E-state index is 12.0. The summed E-state index contributed by atoms with van der Waals surface area (Å²) in [7, 11) is 0. The molecule has 5 nitrogen and oxygen atoms in total. The lowest BCUT2D eigenvalue weighted by Gasteiger charge is -2.39. The Bertz CT molecular complexity index is 537. The molecule has 18 heavy (non-hydrogen) atoms. The Kier molecular flexibility index (Phi) is 2.70. The standard InChI is InChI=1S/C13H16N2O3/c1-7-4-8(16)5-11(14-7)13(17)15-10-6-12-9(10)2-3-18-12/h4-5,9-10,12H,2-3,6H2,1H3,(H,14,16)(H,15,17)/t9-,10+,12+/m0/s1. The summed E-state index contributed by atoms with van der Waals surface area (Å²) in [6.07, 6.45) is 2.22. The lowest BCUT2D eigenvalue weighted by atomic mass is 9.76. The highest BCUT2D eigenvalue weighted by atomic mass is 16.5. The fourth-order valence-corrected chi connectivity index (χ4v) is 2.81. The van der Waals surface area contributed by atoms with Crippen LogP contribution in [0.5, 0.6) is 0 Å². The van der Waals surface area contributed by atoms with Crippen LogP contribution < -0.4 is 10.7 Å². The quantitative estimate of drug-likeness (QED) is 0.804. The third-order valence-electron chi connectivity index (χ3n) is 3.80. The van der Waals surface area contributed by atoms with Crippen LogP contribution in [-0.2, 0) is 4.74 Å². The summed E-state index contributed by atoms with van der Waals surface area (Å²) in [5.74, 6) is 0.247. The molecular formula is C13H16N2O3. The smallest absolute Gasteiger partial charge is 0.268 e. The first-order chi connectivity index (χ1) is 8.63. The number of ether oxygens (including phenoxy) is 1. The van der Waals surface area contributed by atoms with E-state index in [0.717, 1.165) is 19.4 Å². The number of fused-ring (bicyclic) bond motifs is 1. The number of carbonyl (C=O) groups is 1. The Morgan fingerprint density at radius 2 is 2.33 bits per heavy atom. The molecule has 1 aromatic heterocycles. The Balaban J connectivity index is 1.69. The van der Waals surface area contributed by atoms with Crippen LogP contribution in [0.2, 0.25) is 0 Å². The Hall–Kier alpha value is -1.62. The summed E-state index contributed by atoms with van der Waals surface area (Å²) < 4.78 is 5.50. The van der Waals surface area contributed by atoms with E-state index >= 15 is 0 Å². The number of nitrogens with one attached hydrogen (secondary N) is 2. The van der Waals surface area contributed by atoms with E-state index in [-0.39, 0.29) is 17.4 Å². The van der Waals surface area contributed by atoms with E-state index in [9.17, 15) is 9.59 Å². The summed E-state index contributed by atoms with van der Waals surface area (Å²) in [5, 5.41) is 2.97. The molecule has 1 saturated heterocycles. The fraction of sp³-hybridized carbons (Fsp3) is 0.538. The lowest BCUT2D eigenvalue weighted by Crippen LogP contribution is -2.53. The predicted molar refractivity (Wildman–Crippen MR) is 65.5 cm³/mol. The zero-order chi connectivity index (χ0) is 12.7. The number of aromatic amines is 1. The first kappa shape index (κ1) is 11.5.